The Hall–Kier alpha value is -1.56. The summed E-state index contributed by atoms with van der Waals surface area (Å²) in [5, 5.41) is 5.30. The van der Waals surface area contributed by atoms with Crippen molar-refractivity contribution >= 4 is 5.91 Å². The van der Waals surface area contributed by atoms with E-state index in [1.54, 1.807) is 13.0 Å². The molecule has 2 N–H and O–H groups in total. The normalized spacial score (nSPS) is 13.2. The van der Waals surface area contributed by atoms with Gasteiger partial charge in [-0.2, -0.15) is 13.2 Å². The molecule has 0 aliphatic carbocycles. The number of halogens is 3. The van der Waals surface area contributed by atoms with Gasteiger partial charge in [0.1, 0.15) is 0 Å². The van der Waals surface area contributed by atoms with Crippen LogP contribution in [0.3, 0.4) is 0 Å². The Bertz CT molecular complexity index is 418. The topological polar surface area (TPSA) is 41.1 Å². The van der Waals surface area contributed by atoms with E-state index >= 15 is 0 Å². The Morgan fingerprint density at radius 3 is 2.61 bits per heavy atom. The highest BCUT2D eigenvalue weighted by Gasteiger charge is 2.30. The van der Waals surface area contributed by atoms with Crippen LogP contribution in [0, 0.1) is 0 Å². The van der Waals surface area contributed by atoms with Crippen molar-refractivity contribution in [1.82, 2.24) is 10.6 Å². The molecule has 1 amide bonds. The molecule has 0 spiro atoms. The number of likely N-dealkylation sites (N-methyl/N-ethyl adjacent to an activating group) is 1. The van der Waals surface area contributed by atoms with Crippen LogP contribution in [0.4, 0.5) is 13.2 Å². The molecular formula is C12H15F3N2O. The zero-order valence-electron chi connectivity index (χ0n) is 10.1. The van der Waals surface area contributed by atoms with E-state index in [0.29, 0.717) is 5.56 Å². The van der Waals surface area contributed by atoms with Crippen LogP contribution in [0.5, 0.6) is 0 Å². The Kier molecular flexibility index (Phi) is 4.72. The van der Waals surface area contributed by atoms with Gasteiger partial charge in [-0.05, 0) is 18.6 Å². The minimum Gasteiger partial charge on any atom is -0.358 e. The second-order valence-corrected chi connectivity index (χ2v) is 3.91. The number of hydrogen-bond donors (Lipinski definition) is 2. The first-order chi connectivity index (χ1) is 8.34. The lowest BCUT2D eigenvalue weighted by molar-refractivity contribution is -0.137. The van der Waals surface area contributed by atoms with Crippen LogP contribution in [0.25, 0.3) is 0 Å². The molecule has 1 aromatic carbocycles. The van der Waals surface area contributed by atoms with Crippen molar-refractivity contribution in [2.24, 2.45) is 0 Å². The highest BCUT2D eigenvalue weighted by atomic mass is 19.4. The van der Waals surface area contributed by atoms with Crippen LogP contribution < -0.4 is 10.6 Å². The second-order valence-electron chi connectivity index (χ2n) is 3.91. The lowest BCUT2D eigenvalue weighted by atomic mass is 10.1. The molecule has 3 nitrogen and oxygen atoms in total. The molecule has 0 radical (unpaired) electrons. The number of nitrogens with one attached hydrogen (secondary N) is 2. The maximum atomic E-state index is 12.5. The summed E-state index contributed by atoms with van der Waals surface area (Å²) in [7, 11) is 1.50. The molecule has 1 aromatic rings. The van der Waals surface area contributed by atoms with Crippen molar-refractivity contribution in [2.45, 2.75) is 25.7 Å². The molecule has 100 valence electrons. The summed E-state index contributed by atoms with van der Waals surface area (Å²) in [6, 6.07) is 4.57. The molecular weight excluding hydrogens is 245 g/mol. The number of hydrogen-bond acceptors (Lipinski definition) is 2. The number of rotatable bonds is 4. The fraction of sp³-hybridized carbons (Fsp3) is 0.417. The molecule has 18 heavy (non-hydrogen) atoms. The Balaban J connectivity index is 2.66. The Labute approximate surface area is 103 Å². The highest BCUT2D eigenvalue weighted by Crippen LogP contribution is 2.29. The quantitative estimate of drug-likeness (QED) is 0.868. The smallest absolute Gasteiger partial charge is 0.358 e. The number of amides is 1. The molecule has 0 aliphatic rings. The van der Waals surface area contributed by atoms with E-state index in [9.17, 15) is 18.0 Å². The Morgan fingerprint density at radius 2 is 2.06 bits per heavy atom. The summed E-state index contributed by atoms with van der Waals surface area (Å²) in [5.74, 6) is -0.207. The summed E-state index contributed by atoms with van der Waals surface area (Å²) in [6.07, 6.45) is -4.34. The molecule has 0 heterocycles. The minimum atomic E-state index is -4.34. The third-order valence-corrected chi connectivity index (χ3v) is 2.51. The van der Waals surface area contributed by atoms with Gasteiger partial charge < -0.3 is 10.6 Å². The number of carbonyl (C=O) groups is 1. The van der Waals surface area contributed by atoms with E-state index < -0.39 is 17.8 Å². The Morgan fingerprint density at radius 1 is 1.39 bits per heavy atom. The van der Waals surface area contributed by atoms with Gasteiger partial charge in [-0.15, -0.1) is 0 Å². The molecule has 6 heteroatoms. The van der Waals surface area contributed by atoms with Crippen LogP contribution >= 0.6 is 0 Å². The van der Waals surface area contributed by atoms with Gasteiger partial charge in [0.05, 0.1) is 11.6 Å². The van der Waals surface area contributed by atoms with Crippen LogP contribution in [0.15, 0.2) is 24.3 Å². The number of carbonyl (C=O) groups excluding carboxylic acids is 1. The first-order valence-corrected chi connectivity index (χ1v) is 5.45. The third-order valence-electron chi connectivity index (χ3n) is 2.51. The van der Waals surface area contributed by atoms with Gasteiger partial charge in [0, 0.05) is 13.6 Å². The molecule has 1 rings (SSSR count). The van der Waals surface area contributed by atoms with E-state index in [1.165, 1.54) is 13.1 Å². The van der Waals surface area contributed by atoms with Gasteiger partial charge >= 0.3 is 6.18 Å². The molecule has 0 saturated carbocycles. The molecule has 0 aromatic heterocycles. The van der Waals surface area contributed by atoms with Crippen molar-refractivity contribution in [2.75, 3.05) is 7.05 Å². The highest BCUT2D eigenvalue weighted by molar-refractivity contribution is 5.80. The molecule has 0 aliphatic heterocycles. The predicted octanol–water partition coefficient (Wildman–Crippen LogP) is 1.93. The second kappa shape index (κ2) is 5.86. The van der Waals surface area contributed by atoms with Crippen molar-refractivity contribution in [3.8, 4) is 0 Å². The van der Waals surface area contributed by atoms with E-state index in [1.807, 2.05) is 0 Å². The summed E-state index contributed by atoms with van der Waals surface area (Å²) in [4.78, 5) is 11.2. The van der Waals surface area contributed by atoms with E-state index in [-0.39, 0.29) is 12.5 Å². The van der Waals surface area contributed by atoms with Gasteiger partial charge in [0.2, 0.25) is 5.91 Å². The third kappa shape index (κ3) is 4.03. The SMILES string of the molecule is CNC(=O)C(C)NCc1cccc(C(F)(F)F)c1. The lowest BCUT2D eigenvalue weighted by Crippen LogP contribution is -2.40. The van der Waals surface area contributed by atoms with E-state index in [2.05, 4.69) is 10.6 Å². The van der Waals surface area contributed by atoms with Gasteiger partial charge in [-0.25, -0.2) is 0 Å². The van der Waals surface area contributed by atoms with Gasteiger partial charge in [0.25, 0.3) is 0 Å². The standard InChI is InChI=1S/C12H15F3N2O/c1-8(11(18)16-2)17-7-9-4-3-5-10(6-9)12(13,14)15/h3-6,8,17H,7H2,1-2H3,(H,16,18). The molecule has 0 saturated heterocycles. The fourth-order valence-corrected chi connectivity index (χ4v) is 1.44. The number of alkyl halides is 3. The fourth-order valence-electron chi connectivity index (χ4n) is 1.44. The van der Waals surface area contributed by atoms with Crippen molar-refractivity contribution in [3.63, 3.8) is 0 Å². The zero-order chi connectivity index (χ0) is 13.8. The first-order valence-electron chi connectivity index (χ1n) is 5.45. The zero-order valence-corrected chi connectivity index (χ0v) is 10.1. The van der Waals surface area contributed by atoms with Crippen LogP contribution in [-0.4, -0.2) is 19.0 Å². The van der Waals surface area contributed by atoms with Crippen LogP contribution in [-0.2, 0) is 17.5 Å². The van der Waals surface area contributed by atoms with Crippen LogP contribution in [0.2, 0.25) is 0 Å². The molecule has 0 fully saturated rings. The molecule has 0 bridgehead atoms. The summed E-state index contributed by atoms with van der Waals surface area (Å²) in [5.41, 5.74) is -0.199. The average molecular weight is 260 g/mol. The monoisotopic (exact) mass is 260 g/mol. The first kappa shape index (κ1) is 14.5. The summed E-state index contributed by atoms with van der Waals surface area (Å²) < 4.78 is 37.4. The maximum Gasteiger partial charge on any atom is 0.416 e. The minimum absolute atomic E-state index is 0.207. The predicted molar refractivity (Wildman–Crippen MR) is 61.8 cm³/mol. The van der Waals surface area contributed by atoms with Crippen LogP contribution in [0.1, 0.15) is 18.1 Å². The van der Waals surface area contributed by atoms with Crippen molar-refractivity contribution in [3.05, 3.63) is 35.4 Å². The molecule has 1 unspecified atom stereocenters. The lowest BCUT2D eigenvalue weighted by Gasteiger charge is -2.13. The van der Waals surface area contributed by atoms with Gasteiger partial charge in [-0.3, -0.25) is 4.79 Å². The number of benzene rings is 1. The average Bonchev–Trinajstić information content (AvgIpc) is 2.34. The summed E-state index contributed by atoms with van der Waals surface area (Å²) in [6.45, 7) is 1.85. The molecule has 1 atom stereocenters. The van der Waals surface area contributed by atoms with Gasteiger partial charge in [-0.1, -0.05) is 18.2 Å². The van der Waals surface area contributed by atoms with Crippen molar-refractivity contribution in [1.29, 1.82) is 0 Å². The van der Waals surface area contributed by atoms with Gasteiger partial charge in [0.15, 0.2) is 0 Å². The van der Waals surface area contributed by atoms with E-state index in [0.717, 1.165) is 12.1 Å². The maximum absolute atomic E-state index is 12.5. The van der Waals surface area contributed by atoms with E-state index in [4.69, 9.17) is 0 Å². The summed E-state index contributed by atoms with van der Waals surface area (Å²) >= 11 is 0. The largest absolute Gasteiger partial charge is 0.416 e. The van der Waals surface area contributed by atoms with Crippen molar-refractivity contribution < 1.29 is 18.0 Å².